The van der Waals surface area contributed by atoms with Crippen molar-refractivity contribution in [3.05, 3.63) is 138 Å². The van der Waals surface area contributed by atoms with Crippen LogP contribution < -0.4 is 5.69 Å². The Balaban J connectivity index is 1.43. The molecule has 42 heavy (non-hydrogen) atoms. The maximum atomic E-state index is 12.5. The van der Waals surface area contributed by atoms with Gasteiger partial charge in [0.05, 0.1) is 22.0 Å². The smallest absolute Gasteiger partial charge is 0.295 e. The number of nitrogens with zero attached hydrogens (tertiary/aromatic N) is 5. The zero-order valence-electron chi connectivity index (χ0n) is 30.6. The molecule has 0 bridgehead atoms. The third-order valence-corrected chi connectivity index (χ3v) is 6.98. The number of benzene rings is 5. The minimum Gasteiger partial charge on any atom is -0.295 e. The Labute approximate surface area is 254 Å². The van der Waals surface area contributed by atoms with E-state index in [0.717, 1.165) is 0 Å². The van der Waals surface area contributed by atoms with Crippen molar-refractivity contribution in [2.24, 2.45) is 14.1 Å². The van der Waals surface area contributed by atoms with Gasteiger partial charge in [-0.05, 0) is 34.4 Å². The number of hydrogen-bond donors (Lipinski definition) is 0. The lowest BCUT2D eigenvalue weighted by Crippen LogP contribution is -2.19. The molecule has 2 aromatic heterocycles. The van der Waals surface area contributed by atoms with Gasteiger partial charge in [0.25, 0.3) is 0 Å². The molecule has 0 aliphatic carbocycles. The van der Waals surface area contributed by atoms with Gasteiger partial charge in [-0.1, -0.05) is 115 Å². The molecule has 0 atom stereocenters. The highest BCUT2D eigenvalue weighted by Gasteiger charge is 2.13. The number of aromatic nitrogens is 5. The predicted octanol–water partition coefficient (Wildman–Crippen LogP) is 7.40. The third kappa shape index (κ3) is 4.59. The molecule has 0 unspecified atom stereocenters. The van der Waals surface area contributed by atoms with Gasteiger partial charge in [0, 0.05) is 30.8 Å². The summed E-state index contributed by atoms with van der Waals surface area (Å²) in [4.78, 5) is 26.2. The van der Waals surface area contributed by atoms with Crippen molar-refractivity contribution < 1.29 is 11.0 Å². The fraction of sp³-hybridized carbons (Fsp3) is 0.0556. The van der Waals surface area contributed by atoms with Gasteiger partial charge in [0.1, 0.15) is 0 Å². The number of imidazole rings is 1. The van der Waals surface area contributed by atoms with E-state index < -0.39 is 48.3 Å². The van der Waals surface area contributed by atoms with E-state index in [0.29, 0.717) is 27.7 Å². The van der Waals surface area contributed by atoms with Gasteiger partial charge in [-0.25, -0.2) is 19.7 Å². The van der Waals surface area contributed by atoms with Crippen LogP contribution in [0.5, 0.6) is 0 Å². The van der Waals surface area contributed by atoms with E-state index in [4.69, 9.17) is 11.0 Å². The molecular formula is C36H27N5O. The average molecular weight is 554 g/mol. The topological polar surface area (TPSA) is 65.6 Å². The Morgan fingerprint density at radius 2 is 0.881 bits per heavy atom. The van der Waals surface area contributed by atoms with Gasteiger partial charge in [-0.15, -0.1) is 0 Å². The summed E-state index contributed by atoms with van der Waals surface area (Å²) in [5, 5.41) is 0. The number of rotatable bonds is 5. The van der Waals surface area contributed by atoms with Crippen molar-refractivity contribution in [1.82, 2.24) is 24.1 Å². The Morgan fingerprint density at radius 1 is 0.476 bits per heavy atom. The zero-order valence-corrected chi connectivity index (χ0v) is 22.6. The molecule has 7 aromatic rings. The van der Waals surface area contributed by atoms with Crippen LogP contribution >= 0.6 is 0 Å². The summed E-state index contributed by atoms with van der Waals surface area (Å²) in [5.41, 5.74) is 1.57. The van der Waals surface area contributed by atoms with Crippen molar-refractivity contribution >= 4 is 11.0 Å². The number of aryl methyl sites for hydroxylation is 2. The molecule has 0 aliphatic rings. The number of fused-ring (bicyclic) bond motifs is 1. The molecule has 0 fully saturated rings. The molecule has 0 saturated carbocycles. The molecule has 0 amide bonds. The van der Waals surface area contributed by atoms with Gasteiger partial charge in [0.15, 0.2) is 17.5 Å². The van der Waals surface area contributed by atoms with E-state index in [-0.39, 0.29) is 45.4 Å². The molecule has 6 heteroatoms. The largest absolute Gasteiger partial charge is 0.328 e. The SMILES string of the molecule is [2H]c1c([2H])c(-c2c([2H])c([2H])c(-c3nc(-c4ccccc4)nc(-c4ccccc4)n3)c([2H])c2[2H])c([2H])c([2H])c1-c1ccc2c(c1)n(C)c(=O)n2C. The van der Waals surface area contributed by atoms with Gasteiger partial charge in [0.2, 0.25) is 0 Å². The summed E-state index contributed by atoms with van der Waals surface area (Å²) in [5.74, 6) is 0.431. The first-order valence-corrected chi connectivity index (χ1v) is 13.1. The third-order valence-electron chi connectivity index (χ3n) is 6.98. The second-order valence-electron chi connectivity index (χ2n) is 9.64. The summed E-state index contributed by atoms with van der Waals surface area (Å²) >= 11 is 0. The molecule has 6 nitrogen and oxygen atoms in total. The minimum absolute atomic E-state index is 0.0269. The van der Waals surface area contributed by atoms with Crippen molar-refractivity contribution in [3.8, 4) is 56.4 Å². The summed E-state index contributed by atoms with van der Waals surface area (Å²) in [6.45, 7) is 0. The molecular weight excluding hydrogens is 518 g/mol. The van der Waals surface area contributed by atoms with Crippen LogP contribution in [-0.4, -0.2) is 24.1 Å². The summed E-state index contributed by atoms with van der Waals surface area (Å²) in [6, 6.07) is 19.0. The maximum Gasteiger partial charge on any atom is 0.328 e. The lowest BCUT2D eigenvalue weighted by Gasteiger charge is -2.09. The second kappa shape index (κ2) is 10.4. The Morgan fingerprint density at radius 3 is 1.38 bits per heavy atom. The van der Waals surface area contributed by atoms with E-state index >= 15 is 0 Å². The van der Waals surface area contributed by atoms with Crippen molar-refractivity contribution in [1.29, 1.82) is 0 Å². The normalized spacial score (nSPS) is 13.9. The van der Waals surface area contributed by atoms with Crippen LogP contribution in [0.1, 0.15) is 11.0 Å². The van der Waals surface area contributed by atoms with Crippen LogP contribution in [0.3, 0.4) is 0 Å². The molecule has 0 N–H and O–H groups in total. The first-order chi connectivity index (χ1) is 23.9. The van der Waals surface area contributed by atoms with E-state index in [9.17, 15) is 4.79 Å². The predicted molar refractivity (Wildman–Crippen MR) is 169 cm³/mol. The van der Waals surface area contributed by atoms with E-state index in [2.05, 4.69) is 15.0 Å². The molecule has 0 saturated heterocycles. The standard InChI is InChI=1S/C36H27N5O/c1-40-31-22-21-30(23-32(31)41(2)36(40)42)26-15-13-24(14-16-26)25-17-19-29(20-18-25)35-38-33(27-9-5-3-6-10-27)37-34(39-35)28-11-7-4-8-12-28/h3-23H,1-2H3/i13D,14D,15D,16D,17D,18D,19D,20D. The van der Waals surface area contributed by atoms with Gasteiger partial charge in [-0.2, -0.15) is 0 Å². The average Bonchev–Trinajstić information content (AvgIpc) is 3.35. The highest BCUT2D eigenvalue weighted by Crippen LogP contribution is 2.29. The lowest BCUT2D eigenvalue weighted by atomic mass is 9.99. The van der Waals surface area contributed by atoms with Crippen LogP contribution in [-0.2, 0) is 14.1 Å². The van der Waals surface area contributed by atoms with Crippen LogP contribution in [0.2, 0.25) is 0 Å². The highest BCUT2D eigenvalue weighted by molar-refractivity contribution is 5.83. The van der Waals surface area contributed by atoms with E-state index in [1.54, 1.807) is 56.6 Å². The highest BCUT2D eigenvalue weighted by atomic mass is 16.1. The Bertz CT molecular complexity index is 2450. The first-order valence-electron chi connectivity index (χ1n) is 17.1. The van der Waals surface area contributed by atoms with Crippen LogP contribution in [0.25, 0.3) is 67.5 Å². The Hall–Kier alpha value is -5.62. The van der Waals surface area contributed by atoms with Crippen molar-refractivity contribution in [2.45, 2.75) is 0 Å². The van der Waals surface area contributed by atoms with E-state index in [1.165, 1.54) is 9.13 Å². The monoisotopic (exact) mass is 553 g/mol. The quantitative estimate of drug-likeness (QED) is 0.223. The Kier molecular flexibility index (Phi) is 4.45. The summed E-state index contributed by atoms with van der Waals surface area (Å²) < 4.78 is 74.6. The fourth-order valence-corrected chi connectivity index (χ4v) is 4.71. The minimum atomic E-state index is -0.571. The van der Waals surface area contributed by atoms with Gasteiger partial charge in [-0.3, -0.25) is 9.13 Å². The summed E-state index contributed by atoms with van der Waals surface area (Å²) in [7, 11) is 3.23. The molecule has 0 radical (unpaired) electrons. The van der Waals surface area contributed by atoms with Gasteiger partial charge >= 0.3 is 5.69 Å². The lowest BCUT2D eigenvalue weighted by molar-refractivity contribution is 0.795. The molecule has 0 spiro atoms. The van der Waals surface area contributed by atoms with Crippen LogP contribution in [0, 0.1) is 0 Å². The molecule has 2 heterocycles. The molecule has 7 rings (SSSR count). The van der Waals surface area contributed by atoms with Crippen LogP contribution in [0.15, 0.2) is 132 Å². The zero-order chi connectivity index (χ0) is 35.6. The maximum absolute atomic E-state index is 12.5. The second-order valence-corrected chi connectivity index (χ2v) is 9.64. The van der Waals surface area contributed by atoms with Crippen LogP contribution in [0.4, 0.5) is 0 Å². The summed E-state index contributed by atoms with van der Waals surface area (Å²) in [6.07, 6.45) is 0. The first kappa shape index (κ1) is 17.9. The molecule has 0 aliphatic heterocycles. The van der Waals surface area contributed by atoms with Crippen molar-refractivity contribution in [2.75, 3.05) is 0 Å². The number of hydrogen-bond acceptors (Lipinski definition) is 4. The van der Waals surface area contributed by atoms with Gasteiger partial charge < -0.3 is 0 Å². The van der Waals surface area contributed by atoms with Crippen molar-refractivity contribution in [3.63, 3.8) is 0 Å². The fourth-order valence-electron chi connectivity index (χ4n) is 4.71. The molecule has 5 aromatic carbocycles. The van der Waals surface area contributed by atoms with E-state index in [1.807, 2.05) is 36.4 Å². The molecule has 202 valence electrons.